The SMILES string of the molecule is CCC(=O)Nc1ccc2c(c1)C(=O)N(C)C[C@@H](OC)[C@@H](C)CN(C(=O)NC(C)C)[C@H](C)CO2. The maximum Gasteiger partial charge on any atom is 0.317 e. The number of ether oxygens (including phenoxy) is 2. The van der Waals surface area contributed by atoms with Gasteiger partial charge in [0.25, 0.3) is 5.91 Å². The summed E-state index contributed by atoms with van der Waals surface area (Å²) in [6, 6.07) is 4.61. The molecule has 0 saturated heterocycles. The third-order valence-corrected chi connectivity index (χ3v) is 5.72. The molecule has 1 aliphatic rings. The molecule has 0 aliphatic carbocycles. The first-order valence-electron chi connectivity index (χ1n) is 11.5. The number of nitrogens with zero attached hydrogens (tertiary/aromatic N) is 2. The lowest BCUT2D eigenvalue weighted by Crippen LogP contribution is -2.52. The molecule has 2 N–H and O–H groups in total. The van der Waals surface area contributed by atoms with Crippen LogP contribution in [0.4, 0.5) is 10.5 Å². The number of hydrogen-bond acceptors (Lipinski definition) is 5. The number of amides is 4. The van der Waals surface area contributed by atoms with Crippen molar-refractivity contribution in [3.63, 3.8) is 0 Å². The first kappa shape index (κ1) is 26.4. The standard InChI is InChI=1S/C24H38N4O5/c1-8-22(29)26-18-9-10-20-19(11-18)23(30)27(6)13-21(32-7)16(4)12-28(17(5)14-33-20)24(31)25-15(2)3/h9-11,15-17,21H,8,12-14H2,1-7H3,(H,25,31)(H,26,29)/t16-,17+,21+/m0/s1. The smallest absolute Gasteiger partial charge is 0.317 e. The van der Waals surface area contributed by atoms with Crippen molar-refractivity contribution in [2.24, 2.45) is 5.92 Å². The van der Waals surface area contributed by atoms with Gasteiger partial charge < -0.3 is 29.9 Å². The summed E-state index contributed by atoms with van der Waals surface area (Å²) in [5, 5.41) is 5.75. The Balaban J connectivity index is 2.44. The van der Waals surface area contributed by atoms with Gasteiger partial charge in [0.2, 0.25) is 5.91 Å². The van der Waals surface area contributed by atoms with Gasteiger partial charge in [-0.3, -0.25) is 9.59 Å². The second-order valence-electron chi connectivity index (χ2n) is 8.97. The summed E-state index contributed by atoms with van der Waals surface area (Å²) < 4.78 is 11.7. The van der Waals surface area contributed by atoms with E-state index in [2.05, 4.69) is 10.6 Å². The first-order valence-corrected chi connectivity index (χ1v) is 11.5. The topological polar surface area (TPSA) is 100 Å². The van der Waals surface area contributed by atoms with Crippen LogP contribution < -0.4 is 15.4 Å². The number of fused-ring (bicyclic) bond motifs is 1. The Morgan fingerprint density at radius 3 is 2.55 bits per heavy atom. The van der Waals surface area contributed by atoms with Crippen LogP contribution in [0.15, 0.2) is 18.2 Å². The Hall–Kier alpha value is -2.81. The first-order chi connectivity index (χ1) is 15.6. The summed E-state index contributed by atoms with van der Waals surface area (Å²) in [5.74, 6) is 0.00713. The van der Waals surface area contributed by atoms with Crippen molar-refractivity contribution in [1.82, 2.24) is 15.1 Å². The number of hydrogen-bond donors (Lipinski definition) is 2. The minimum absolute atomic E-state index is 0.00163. The highest BCUT2D eigenvalue weighted by molar-refractivity contribution is 5.99. The molecule has 1 aromatic carbocycles. The molecule has 4 amide bonds. The number of methoxy groups -OCH3 is 1. The molecule has 0 aromatic heterocycles. The Bertz CT molecular complexity index is 844. The van der Waals surface area contributed by atoms with E-state index in [1.807, 2.05) is 27.7 Å². The quantitative estimate of drug-likeness (QED) is 0.717. The van der Waals surface area contributed by atoms with E-state index in [4.69, 9.17) is 9.47 Å². The minimum Gasteiger partial charge on any atom is -0.491 e. The molecular formula is C24H38N4O5. The number of carbonyl (C=O) groups is 3. The van der Waals surface area contributed by atoms with E-state index in [1.54, 1.807) is 49.1 Å². The highest BCUT2D eigenvalue weighted by atomic mass is 16.5. The number of anilines is 1. The van der Waals surface area contributed by atoms with Crippen molar-refractivity contribution in [1.29, 1.82) is 0 Å². The molecule has 0 radical (unpaired) electrons. The molecule has 3 atom stereocenters. The van der Waals surface area contributed by atoms with Gasteiger partial charge in [-0.2, -0.15) is 0 Å². The van der Waals surface area contributed by atoms with Gasteiger partial charge in [0.1, 0.15) is 12.4 Å². The molecule has 0 unspecified atom stereocenters. The third-order valence-electron chi connectivity index (χ3n) is 5.72. The second kappa shape index (κ2) is 11.9. The highest BCUT2D eigenvalue weighted by Crippen LogP contribution is 2.26. The number of nitrogens with one attached hydrogen (secondary N) is 2. The maximum atomic E-state index is 13.3. The van der Waals surface area contributed by atoms with Crippen molar-refractivity contribution in [3.05, 3.63) is 23.8 Å². The van der Waals surface area contributed by atoms with Crippen LogP contribution in [0.25, 0.3) is 0 Å². The molecule has 2 rings (SSSR count). The van der Waals surface area contributed by atoms with E-state index in [9.17, 15) is 14.4 Å². The van der Waals surface area contributed by atoms with E-state index >= 15 is 0 Å². The van der Waals surface area contributed by atoms with E-state index in [0.717, 1.165) is 0 Å². The van der Waals surface area contributed by atoms with Gasteiger partial charge in [0.15, 0.2) is 0 Å². The van der Waals surface area contributed by atoms with Crippen molar-refractivity contribution >= 4 is 23.5 Å². The van der Waals surface area contributed by atoms with Crippen LogP contribution in [0, 0.1) is 5.92 Å². The zero-order valence-corrected chi connectivity index (χ0v) is 20.8. The van der Waals surface area contributed by atoms with Gasteiger partial charge in [-0.25, -0.2) is 4.79 Å². The molecule has 0 fully saturated rings. The molecule has 184 valence electrons. The fourth-order valence-corrected chi connectivity index (χ4v) is 3.72. The fourth-order valence-electron chi connectivity index (χ4n) is 3.72. The summed E-state index contributed by atoms with van der Waals surface area (Å²) in [5.41, 5.74) is 0.876. The van der Waals surface area contributed by atoms with E-state index in [1.165, 1.54) is 0 Å². The molecule has 1 aromatic rings. The van der Waals surface area contributed by atoms with Crippen molar-refractivity contribution in [2.45, 2.75) is 59.2 Å². The minimum atomic E-state index is -0.271. The number of benzene rings is 1. The predicted octanol–water partition coefficient (Wildman–Crippen LogP) is 2.96. The van der Waals surface area contributed by atoms with Crippen LogP contribution in [0.2, 0.25) is 0 Å². The summed E-state index contributed by atoms with van der Waals surface area (Å²) in [7, 11) is 3.32. The fraction of sp³-hybridized carbons (Fsp3) is 0.625. The lowest BCUT2D eigenvalue weighted by Gasteiger charge is -2.36. The third kappa shape index (κ3) is 7.08. The van der Waals surface area contributed by atoms with Gasteiger partial charge in [0.05, 0.1) is 17.7 Å². The number of likely N-dealkylation sites (N-methyl/N-ethyl adjacent to an activating group) is 1. The summed E-state index contributed by atoms with van der Waals surface area (Å²) in [6.45, 7) is 10.5. The van der Waals surface area contributed by atoms with Crippen LogP contribution in [0.5, 0.6) is 5.75 Å². The van der Waals surface area contributed by atoms with Crippen LogP contribution in [0.1, 0.15) is 51.4 Å². The van der Waals surface area contributed by atoms with Crippen LogP contribution in [0.3, 0.4) is 0 Å². The van der Waals surface area contributed by atoms with Crippen molar-refractivity contribution in [2.75, 3.05) is 39.2 Å². The second-order valence-corrected chi connectivity index (χ2v) is 8.97. The Morgan fingerprint density at radius 1 is 1.24 bits per heavy atom. The molecule has 33 heavy (non-hydrogen) atoms. The normalized spacial score (nSPS) is 22.1. The van der Waals surface area contributed by atoms with Crippen molar-refractivity contribution < 1.29 is 23.9 Å². The Morgan fingerprint density at radius 2 is 1.94 bits per heavy atom. The van der Waals surface area contributed by atoms with E-state index < -0.39 is 0 Å². The van der Waals surface area contributed by atoms with Gasteiger partial charge in [0, 0.05) is 51.3 Å². The monoisotopic (exact) mass is 462 g/mol. The van der Waals surface area contributed by atoms with Crippen LogP contribution in [-0.2, 0) is 9.53 Å². The molecular weight excluding hydrogens is 424 g/mol. The van der Waals surface area contributed by atoms with Crippen LogP contribution >= 0.6 is 0 Å². The molecule has 0 saturated carbocycles. The Kier molecular flexibility index (Phi) is 9.52. The molecule has 1 aliphatic heterocycles. The summed E-state index contributed by atoms with van der Waals surface area (Å²) in [6.07, 6.45) is 0.0629. The average Bonchev–Trinajstić information content (AvgIpc) is 2.77. The molecule has 1 heterocycles. The largest absolute Gasteiger partial charge is 0.491 e. The van der Waals surface area contributed by atoms with Gasteiger partial charge >= 0.3 is 6.03 Å². The lowest BCUT2D eigenvalue weighted by molar-refractivity contribution is -0.115. The van der Waals surface area contributed by atoms with Gasteiger partial charge in [-0.05, 0) is 39.0 Å². The van der Waals surface area contributed by atoms with E-state index in [0.29, 0.717) is 36.5 Å². The van der Waals surface area contributed by atoms with Gasteiger partial charge in [-0.15, -0.1) is 0 Å². The van der Waals surface area contributed by atoms with Crippen molar-refractivity contribution in [3.8, 4) is 5.75 Å². The number of urea groups is 1. The predicted molar refractivity (Wildman–Crippen MR) is 128 cm³/mol. The number of carbonyl (C=O) groups excluding carboxylic acids is 3. The molecule has 9 heteroatoms. The van der Waals surface area contributed by atoms with E-state index in [-0.39, 0.29) is 48.6 Å². The highest BCUT2D eigenvalue weighted by Gasteiger charge is 2.30. The average molecular weight is 463 g/mol. The van der Waals surface area contributed by atoms with Gasteiger partial charge in [-0.1, -0.05) is 13.8 Å². The maximum absolute atomic E-state index is 13.3. The molecule has 0 spiro atoms. The van der Waals surface area contributed by atoms with Crippen LogP contribution in [-0.4, -0.2) is 79.7 Å². The zero-order chi connectivity index (χ0) is 24.7. The summed E-state index contributed by atoms with van der Waals surface area (Å²) >= 11 is 0. The lowest BCUT2D eigenvalue weighted by atomic mass is 10.0. The molecule has 9 nitrogen and oxygen atoms in total. The molecule has 0 bridgehead atoms. The Labute approximate surface area is 196 Å². The summed E-state index contributed by atoms with van der Waals surface area (Å²) in [4.78, 5) is 41.4. The number of rotatable bonds is 4. The zero-order valence-electron chi connectivity index (χ0n) is 20.8.